The van der Waals surface area contributed by atoms with E-state index in [2.05, 4.69) is 10.3 Å². The van der Waals surface area contributed by atoms with Crippen molar-refractivity contribution in [1.29, 1.82) is 0 Å². The highest BCUT2D eigenvalue weighted by Crippen LogP contribution is 2.26. The van der Waals surface area contributed by atoms with Gasteiger partial charge in [-0.15, -0.1) is 16.2 Å². The van der Waals surface area contributed by atoms with Crippen LogP contribution in [0.1, 0.15) is 10.6 Å². The van der Waals surface area contributed by atoms with E-state index >= 15 is 0 Å². The van der Waals surface area contributed by atoms with Crippen LogP contribution in [0, 0.1) is 4.91 Å². The largest absolute Gasteiger partial charge is 0.375 e. The van der Waals surface area contributed by atoms with Crippen molar-refractivity contribution in [3.63, 3.8) is 0 Å². The van der Waals surface area contributed by atoms with Gasteiger partial charge in [-0.05, 0) is 0 Å². The van der Waals surface area contributed by atoms with E-state index in [1.165, 1.54) is 16.3 Å². The second kappa shape index (κ2) is 2.71. The first-order valence-corrected chi connectivity index (χ1v) is 4.43. The first kappa shape index (κ1) is 7.48. The number of aromatic nitrogens is 1. The number of thiazole rings is 1. The summed E-state index contributed by atoms with van der Waals surface area (Å²) in [5, 5.41) is 4.94. The van der Waals surface area contributed by atoms with Gasteiger partial charge >= 0.3 is 0 Å². The van der Waals surface area contributed by atoms with Gasteiger partial charge < -0.3 is 5.73 Å². The predicted octanol–water partition coefficient (Wildman–Crippen LogP) is 0.765. The number of anilines is 1. The van der Waals surface area contributed by atoms with Crippen LogP contribution in [0.5, 0.6) is 0 Å². The molecule has 0 saturated heterocycles. The summed E-state index contributed by atoms with van der Waals surface area (Å²) in [6.07, 6.45) is 0.773. The number of hydrogen-bond donors (Lipinski definition) is 1. The predicted molar refractivity (Wildman–Crippen MR) is 46.4 cm³/mol. The number of nitrogens with two attached hydrogens (primary N) is 1. The van der Waals surface area contributed by atoms with Crippen LogP contribution in [0.3, 0.4) is 0 Å². The van der Waals surface area contributed by atoms with E-state index in [0.29, 0.717) is 18.2 Å². The molecule has 0 saturated carbocycles. The molecule has 0 aromatic carbocycles. The van der Waals surface area contributed by atoms with Gasteiger partial charge in [0.25, 0.3) is 0 Å². The summed E-state index contributed by atoms with van der Waals surface area (Å²) < 4.78 is 0. The Labute approximate surface area is 73.1 Å². The highest BCUT2D eigenvalue weighted by Gasteiger charge is 2.19. The van der Waals surface area contributed by atoms with E-state index in [1.807, 2.05) is 0 Å². The van der Waals surface area contributed by atoms with Gasteiger partial charge in [0, 0.05) is 13.0 Å². The van der Waals surface area contributed by atoms with E-state index in [4.69, 9.17) is 5.73 Å². The maximum Gasteiger partial charge on any atom is 0.180 e. The second-order valence-electron chi connectivity index (χ2n) is 2.64. The molecule has 6 heteroatoms. The van der Waals surface area contributed by atoms with Crippen molar-refractivity contribution < 1.29 is 0 Å². The van der Waals surface area contributed by atoms with Crippen LogP contribution in [0.2, 0.25) is 0 Å². The van der Waals surface area contributed by atoms with E-state index in [0.717, 1.165) is 17.0 Å². The Kier molecular flexibility index (Phi) is 1.69. The van der Waals surface area contributed by atoms with Gasteiger partial charge in [-0.1, -0.05) is 0 Å². The molecule has 2 rings (SSSR count). The number of rotatable bonds is 1. The topological polar surface area (TPSA) is 71.6 Å². The third-order valence-corrected chi connectivity index (χ3v) is 2.75. The summed E-state index contributed by atoms with van der Waals surface area (Å²) in [6, 6.07) is 0. The molecule has 0 spiro atoms. The molecule has 0 unspecified atom stereocenters. The summed E-state index contributed by atoms with van der Waals surface area (Å²) in [5.74, 6) is 0. The molecule has 0 fully saturated rings. The standard InChI is InChI=1S/C6H8N4OS/c7-6-8-4-1-2-10(9-11)3-5(4)12-6/h1-3H2,(H2,7,8). The Morgan fingerprint density at radius 3 is 3.25 bits per heavy atom. The minimum absolute atomic E-state index is 0.563. The normalized spacial score (nSPS) is 15.8. The first-order chi connectivity index (χ1) is 5.79. The number of nitrogen functional groups attached to an aromatic ring is 1. The number of nitrogens with zero attached hydrogens (tertiary/aromatic N) is 3. The molecule has 2 N–H and O–H groups in total. The van der Waals surface area contributed by atoms with Crippen LogP contribution in [-0.2, 0) is 13.0 Å². The van der Waals surface area contributed by atoms with E-state index in [9.17, 15) is 4.91 Å². The molecule has 5 nitrogen and oxygen atoms in total. The molecule has 1 aliphatic rings. The van der Waals surface area contributed by atoms with Crippen LogP contribution < -0.4 is 5.73 Å². The SMILES string of the molecule is Nc1nc2c(s1)CN(N=O)CC2. The van der Waals surface area contributed by atoms with Crippen LogP contribution in [0.4, 0.5) is 5.13 Å². The Bertz CT molecular complexity index is 310. The molecule has 1 aliphatic heterocycles. The summed E-state index contributed by atoms with van der Waals surface area (Å²) >= 11 is 1.44. The average molecular weight is 184 g/mol. The van der Waals surface area contributed by atoms with Gasteiger partial charge in [-0.3, -0.25) is 5.01 Å². The van der Waals surface area contributed by atoms with Crippen molar-refractivity contribution in [2.24, 2.45) is 5.29 Å². The second-order valence-corrected chi connectivity index (χ2v) is 3.76. The number of nitroso groups, excluding NO2 is 1. The van der Waals surface area contributed by atoms with Gasteiger partial charge in [0.1, 0.15) is 0 Å². The summed E-state index contributed by atoms with van der Waals surface area (Å²) in [4.78, 5) is 15.4. The fourth-order valence-electron chi connectivity index (χ4n) is 1.27. The number of hydrogen-bond acceptors (Lipinski definition) is 5. The van der Waals surface area contributed by atoms with Crippen LogP contribution in [0.15, 0.2) is 5.29 Å². The van der Waals surface area contributed by atoms with Crippen LogP contribution in [0.25, 0.3) is 0 Å². The Morgan fingerprint density at radius 2 is 2.50 bits per heavy atom. The fourth-order valence-corrected chi connectivity index (χ4v) is 2.16. The minimum Gasteiger partial charge on any atom is -0.375 e. The molecule has 2 heterocycles. The molecule has 64 valence electrons. The van der Waals surface area contributed by atoms with Crippen LogP contribution >= 0.6 is 11.3 Å². The van der Waals surface area contributed by atoms with E-state index in [1.54, 1.807) is 0 Å². The lowest BCUT2D eigenvalue weighted by molar-refractivity contribution is 0.265. The lowest BCUT2D eigenvalue weighted by Crippen LogP contribution is -2.24. The molecular formula is C6H8N4OS. The highest BCUT2D eigenvalue weighted by atomic mass is 32.1. The third-order valence-electron chi connectivity index (χ3n) is 1.84. The maximum atomic E-state index is 10.2. The van der Waals surface area contributed by atoms with Crippen molar-refractivity contribution in [1.82, 2.24) is 9.99 Å². The summed E-state index contributed by atoms with van der Waals surface area (Å²) in [7, 11) is 0. The van der Waals surface area contributed by atoms with Crippen molar-refractivity contribution in [3.8, 4) is 0 Å². The molecule has 1 aromatic rings. The average Bonchev–Trinajstić information content (AvgIpc) is 2.43. The van der Waals surface area contributed by atoms with Crippen molar-refractivity contribution >= 4 is 16.5 Å². The fraction of sp³-hybridized carbons (Fsp3) is 0.500. The highest BCUT2D eigenvalue weighted by molar-refractivity contribution is 7.15. The molecule has 0 radical (unpaired) electrons. The summed E-state index contributed by atoms with van der Waals surface area (Å²) in [5.41, 5.74) is 6.55. The first-order valence-electron chi connectivity index (χ1n) is 3.62. The van der Waals surface area contributed by atoms with Gasteiger partial charge in [-0.2, -0.15) is 0 Å². The maximum absolute atomic E-state index is 10.2. The molecule has 12 heavy (non-hydrogen) atoms. The Hall–Kier alpha value is -1.17. The molecular weight excluding hydrogens is 176 g/mol. The zero-order valence-electron chi connectivity index (χ0n) is 6.36. The monoisotopic (exact) mass is 184 g/mol. The molecule has 0 bridgehead atoms. The summed E-state index contributed by atoms with van der Waals surface area (Å²) in [6.45, 7) is 1.22. The molecule has 0 amide bonds. The zero-order chi connectivity index (χ0) is 8.55. The molecule has 0 atom stereocenters. The van der Waals surface area contributed by atoms with Gasteiger partial charge in [0.2, 0.25) is 0 Å². The number of fused-ring (bicyclic) bond motifs is 1. The quantitative estimate of drug-likeness (QED) is 0.654. The molecule has 0 aliphatic carbocycles. The Balaban J connectivity index is 2.28. The van der Waals surface area contributed by atoms with Crippen molar-refractivity contribution in [2.75, 3.05) is 12.3 Å². The lowest BCUT2D eigenvalue weighted by atomic mass is 10.2. The van der Waals surface area contributed by atoms with Gasteiger partial charge in [0.05, 0.1) is 22.4 Å². The van der Waals surface area contributed by atoms with Crippen molar-refractivity contribution in [2.45, 2.75) is 13.0 Å². The van der Waals surface area contributed by atoms with E-state index in [-0.39, 0.29) is 0 Å². The Morgan fingerprint density at radius 1 is 1.67 bits per heavy atom. The van der Waals surface area contributed by atoms with E-state index < -0.39 is 0 Å². The third kappa shape index (κ3) is 1.14. The van der Waals surface area contributed by atoms with Gasteiger partial charge in [0.15, 0.2) is 5.13 Å². The molecule has 1 aromatic heterocycles. The van der Waals surface area contributed by atoms with Crippen LogP contribution in [-0.4, -0.2) is 16.5 Å². The van der Waals surface area contributed by atoms with Gasteiger partial charge in [-0.25, -0.2) is 4.98 Å². The smallest absolute Gasteiger partial charge is 0.180 e. The van der Waals surface area contributed by atoms with Crippen molar-refractivity contribution in [3.05, 3.63) is 15.5 Å². The lowest BCUT2D eigenvalue weighted by Gasteiger charge is -2.18. The minimum atomic E-state index is 0.563. The zero-order valence-corrected chi connectivity index (χ0v) is 7.17.